The Morgan fingerprint density at radius 2 is 2.31 bits per heavy atom. The van der Waals surface area contributed by atoms with E-state index < -0.39 is 5.91 Å². The first-order valence-electron chi connectivity index (χ1n) is 3.33. The summed E-state index contributed by atoms with van der Waals surface area (Å²) in [6, 6.07) is 4.40. The molecule has 0 atom stereocenters. The summed E-state index contributed by atoms with van der Waals surface area (Å²) in [6.07, 6.45) is 1.49. The zero-order valence-electron chi connectivity index (χ0n) is 6.41. The Labute approximate surface area is 82.9 Å². The molecule has 0 aliphatic carbocycles. The van der Waals surface area contributed by atoms with Gasteiger partial charge in [-0.3, -0.25) is 10.1 Å². The zero-order chi connectivity index (χ0) is 9.84. The van der Waals surface area contributed by atoms with E-state index in [9.17, 15) is 9.90 Å². The van der Waals surface area contributed by atoms with E-state index in [-0.39, 0.29) is 11.3 Å². The van der Waals surface area contributed by atoms with Crippen molar-refractivity contribution in [3.63, 3.8) is 0 Å². The standard InChI is InChI=1S/C8H5BrN2O2/c9-5-1-2-7(12)6(3-5)8(13)11-4-10/h1-3,12H,(H,11,13). The third-order valence-corrected chi connectivity index (χ3v) is 1.87. The topological polar surface area (TPSA) is 73.1 Å². The second-order valence-electron chi connectivity index (χ2n) is 2.23. The molecule has 0 radical (unpaired) electrons. The Kier molecular flexibility index (Phi) is 2.88. The first-order chi connectivity index (χ1) is 6.15. The Bertz CT molecular complexity index is 384. The minimum absolute atomic E-state index is 0.0657. The largest absolute Gasteiger partial charge is 0.507 e. The van der Waals surface area contributed by atoms with Crippen LogP contribution in [0.15, 0.2) is 22.7 Å². The average Bonchev–Trinajstić information content (AvgIpc) is 2.09. The lowest BCUT2D eigenvalue weighted by Crippen LogP contribution is -2.17. The van der Waals surface area contributed by atoms with E-state index in [0.29, 0.717) is 4.47 Å². The van der Waals surface area contributed by atoms with Crippen molar-refractivity contribution in [2.75, 3.05) is 0 Å². The molecule has 1 aromatic carbocycles. The van der Waals surface area contributed by atoms with Crippen LogP contribution in [0.5, 0.6) is 5.75 Å². The average molecular weight is 241 g/mol. The summed E-state index contributed by atoms with van der Waals surface area (Å²) in [5, 5.41) is 19.3. The molecule has 0 saturated heterocycles. The number of benzene rings is 1. The molecule has 1 amide bonds. The molecule has 5 heteroatoms. The van der Waals surface area contributed by atoms with Gasteiger partial charge in [0.1, 0.15) is 5.75 Å². The number of hydrogen-bond acceptors (Lipinski definition) is 3. The van der Waals surface area contributed by atoms with Crippen molar-refractivity contribution in [1.82, 2.24) is 5.32 Å². The third kappa shape index (κ3) is 2.20. The van der Waals surface area contributed by atoms with Crippen molar-refractivity contribution >= 4 is 21.8 Å². The summed E-state index contributed by atoms with van der Waals surface area (Å²) in [4.78, 5) is 11.1. The van der Waals surface area contributed by atoms with Crippen molar-refractivity contribution in [2.45, 2.75) is 0 Å². The fourth-order valence-electron chi connectivity index (χ4n) is 0.808. The number of carbonyl (C=O) groups is 1. The van der Waals surface area contributed by atoms with Gasteiger partial charge in [-0.1, -0.05) is 15.9 Å². The monoisotopic (exact) mass is 240 g/mol. The van der Waals surface area contributed by atoms with Crippen LogP contribution < -0.4 is 5.32 Å². The first kappa shape index (κ1) is 9.55. The van der Waals surface area contributed by atoms with Crippen LogP contribution in [0.25, 0.3) is 0 Å². The molecule has 0 aromatic heterocycles. The second-order valence-corrected chi connectivity index (χ2v) is 3.14. The van der Waals surface area contributed by atoms with Crippen LogP contribution in [-0.4, -0.2) is 11.0 Å². The number of amides is 1. The van der Waals surface area contributed by atoms with E-state index in [1.165, 1.54) is 18.3 Å². The predicted molar refractivity (Wildman–Crippen MR) is 48.9 cm³/mol. The first-order valence-corrected chi connectivity index (χ1v) is 4.12. The van der Waals surface area contributed by atoms with Crippen LogP contribution in [0.4, 0.5) is 0 Å². The summed E-state index contributed by atoms with van der Waals surface area (Å²) >= 11 is 3.14. The number of hydrogen-bond donors (Lipinski definition) is 2. The fourth-order valence-corrected chi connectivity index (χ4v) is 1.17. The van der Waals surface area contributed by atoms with Crippen molar-refractivity contribution in [3.8, 4) is 11.9 Å². The number of halogens is 1. The molecule has 1 rings (SSSR count). The molecule has 0 unspecified atom stereocenters. The summed E-state index contributed by atoms with van der Waals surface area (Å²) in [7, 11) is 0. The zero-order valence-corrected chi connectivity index (χ0v) is 8.00. The van der Waals surface area contributed by atoms with Gasteiger partial charge in [-0.25, -0.2) is 0 Å². The lowest BCUT2D eigenvalue weighted by molar-refractivity contribution is 0.0970. The van der Waals surface area contributed by atoms with E-state index in [0.717, 1.165) is 0 Å². The van der Waals surface area contributed by atoms with E-state index in [2.05, 4.69) is 15.9 Å². The van der Waals surface area contributed by atoms with Crippen LogP contribution in [0.3, 0.4) is 0 Å². The van der Waals surface area contributed by atoms with Gasteiger partial charge in [-0.05, 0) is 18.2 Å². The molecular weight excluding hydrogens is 236 g/mol. The third-order valence-electron chi connectivity index (χ3n) is 1.37. The summed E-state index contributed by atoms with van der Waals surface area (Å²) < 4.78 is 0.661. The lowest BCUT2D eigenvalue weighted by Gasteiger charge is -2.01. The van der Waals surface area contributed by atoms with Crippen LogP contribution in [0, 0.1) is 11.5 Å². The normalized spacial score (nSPS) is 8.92. The molecule has 0 aliphatic rings. The quantitative estimate of drug-likeness (QED) is 0.576. The molecule has 0 saturated carbocycles. The summed E-state index contributed by atoms with van der Waals surface area (Å²) in [5.41, 5.74) is 0.0657. The molecule has 0 spiro atoms. The summed E-state index contributed by atoms with van der Waals surface area (Å²) in [6.45, 7) is 0. The SMILES string of the molecule is N#CNC(=O)c1cc(Br)ccc1O. The molecule has 0 fully saturated rings. The maximum absolute atomic E-state index is 11.1. The van der Waals surface area contributed by atoms with Crippen LogP contribution in [0.1, 0.15) is 10.4 Å². The minimum Gasteiger partial charge on any atom is -0.507 e. The number of rotatable bonds is 1. The van der Waals surface area contributed by atoms with E-state index in [4.69, 9.17) is 5.26 Å². The molecule has 4 nitrogen and oxygen atoms in total. The Morgan fingerprint density at radius 1 is 1.62 bits per heavy atom. The van der Waals surface area contributed by atoms with Crippen molar-refractivity contribution in [1.29, 1.82) is 5.26 Å². The summed E-state index contributed by atoms with van der Waals surface area (Å²) in [5.74, 6) is -0.780. The van der Waals surface area contributed by atoms with Gasteiger partial charge < -0.3 is 5.11 Å². The van der Waals surface area contributed by atoms with Crippen molar-refractivity contribution in [3.05, 3.63) is 28.2 Å². The van der Waals surface area contributed by atoms with Gasteiger partial charge in [0.2, 0.25) is 0 Å². The smallest absolute Gasteiger partial charge is 0.268 e. The van der Waals surface area contributed by atoms with Crippen molar-refractivity contribution in [2.24, 2.45) is 0 Å². The van der Waals surface area contributed by atoms with Gasteiger partial charge in [-0.2, -0.15) is 5.26 Å². The van der Waals surface area contributed by atoms with Gasteiger partial charge in [0.05, 0.1) is 5.56 Å². The number of phenols is 1. The van der Waals surface area contributed by atoms with Gasteiger partial charge >= 0.3 is 0 Å². The Balaban J connectivity index is 3.07. The molecular formula is C8H5BrN2O2. The van der Waals surface area contributed by atoms with E-state index in [1.54, 1.807) is 6.07 Å². The van der Waals surface area contributed by atoms with Crippen LogP contribution in [0.2, 0.25) is 0 Å². The molecule has 13 heavy (non-hydrogen) atoms. The number of nitrogens with zero attached hydrogens (tertiary/aromatic N) is 1. The van der Waals surface area contributed by atoms with Gasteiger partial charge in [0.15, 0.2) is 6.19 Å². The molecule has 0 bridgehead atoms. The van der Waals surface area contributed by atoms with E-state index in [1.807, 2.05) is 5.32 Å². The van der Waals surface area contributed by atoms with Gasteiger partial charge in [0, 0.05) is 4.47 Å². The highest BCUT2D eigenvalue weighted by molar-refractivity contribution is 9.10. The van der Waals surface area contributed by atoms with Crippen LogP contribution in [-0.2, 0) is 0 Å². The number of aromatic hydroxyl groups is 1. The Morgan fingerprint density at radius 3 is 2.92 bits per heavy atom. The van der Waals surface area contributed by atoms with Crippen molar-refractivity contribution < 1.29 is 9.90 Å². The lowest BCUT2D eigenvalue weighted by atomic mass is 10.2. The number of carbonyl (C=O) groups excluding carboxylic acids is 1. The number of nitriles is 1. The highest BCUT2D eigenvalue weighted by Crippen LogP contribution is 2.21. The maximum atomic E-state index is 11.1. The molecule has 0 aliphatic heterocycles. The number of nitrogens with one attached hydrogen (secondary N) is 1. The van der Waals surface area contributed by atoms with E-state index >= 15 is 0 Å². The molecule has 66 valence electrons. The Hall–Kier alpha value is -1.54. The van der Waals surface area contributed by atoms with Gasteiger partial charge in [0.25, 0.3) is 5.91 Å². The van der Waals surface area contributed by atoms with Gasteiger partial charge in [-0.15, -0.1) is 0 Å². The van der Waals surface area contributed by atoms with Crippen LogP contribution >= 0.6 is 15.9 Å². The highest BCUT2D eigenvalue weighted by atomic mass is 79.9. The molecule has 2 N–H and O–H groups in total. The number of phenolic OH excluding ortho intramolecular Hbond substituents is 1. The highest BCUT2D eigenvalue weighted by Gasteiger charge is 2.10. The molecule has 1 aromatic rings. The maximum Gasteiger partial charge on any atom is 0.268 e. The second kappa shape index (κ2) is 3.92. The minimum atomic E-state index is -0.624. The molecule has 0 heterocycles. The fraction of sp³-hybridized carbons (Fsp3) is 0. The predicted octanol–water partition coefficient (Wildman–Crippen LogP) is 1.37.